The summed E-state index contributed by atoms with van der Waals surface area (Å²) in [5.74, 6) is -0.963. The molecule has 0 bridgehead atoms. The Kier molecular flexibility index (Phi) is 3.07. The normalized spacial score (nSPS) is 13.1. The lowest BCUT2D eigenvalue weighted by atomic mass is 10.1. The Hall–Kier alpha value is -1.18. The lowest BCUT2D eigenvalue weighted by Gasteiger charge is -2.09. The topological polar surface area (TPSA) is 82.4 Å². The van der Waals surface area contributed by atoms with Crippen molar-refractivity contribution in [2.24, 2.45) is 0 Å². The average Bonchev–Trinajstić information content (AvgIpc) is 2.68. The number of nitrogens with zero attached hydrogens (tertiary/aromatic N) is 1. The Bertz CT molecular complexity index is 626. The van der Waals surface area contributed by atoms with E-state index in [1.807, 2.05) is 12.3 Å². The number of rotatable bonds is 3. The second-order valence-electron chi connectivity index (χ2n) is 3.74. The van der Waals surface area contributed by atoms with E-state index in [-0.39, 0.29) is 6.42 Å². The van der Waals surface area contributed by atoms with Gasteiger partial charge in [0.15, 0.2) is 0 Å². The number of hydrogen-bond acceptors (Lipinski definition) is 4. The predicted molar refractivity (Wildman–Crippen MR) is 64.9 cm³/mol. The molecule has 2 heterocycles. The van der Waals surface area contributed by atoms with Gasteiger partial charge in [-0.05, 0) is 30.4 Å². The van der Waals surface area contributed by atoms with Crippen LogP contribution in [-0.2, 0) is 22.5 Å². The van der Waals surface area contributed by atoms with Gasteiger partial charge in [-0.1, -0.05) is 0 Å². The molecule has 0 spiro atoms. The van der Waals surface area contributed by atoms with Crippen molar-refractivity contribution < 1.29 is 18.7 Å². The van der Waals surface area contributed by atoms with Crippen molar-refractivity contribution in [3.63, 3.8) is 0 Å². The van der Waals surface area contributed by atoms with E-state index in [9.17, 15) is 13.6 Å². The Morgan fingerprint density at radius 1 is 1.59 bits per heavy atom. The first kappa shape index (κ1) is 12.3. The summed E-state index contributed by atoms with van der Waals surface area (Å²) in [6, 6.07) is 0. The van der Waals surface area contributed by atoms with E-state index >= 15 is 0 Å². The van der Waals surface area contributed by atoms with Gasteiger partial charge in [0.2, 0.25) is 0 Å². The fraction of sp³-hybridized carbons (Fsp3) is 0.300. The van der Waals surface area contributed by atoms with Crippen molar-refractivity contribution in [1.82, 2.24) is 3.97 Å². The molecule has 0 aliphatic heterocycles. The van der Waals surface area contributed by atoms with Gasteiger partial charge in [0.25, 0.3) is 0 Å². The molecule has 17 heavy (non-hydrogen) atoms. The lowest BCUT2D eigenvalue weighted by Crippen LogP contribution is -2.06. The number of carboxylic acids is 1. The second kappa shape index (κ2) is 4.25. The molecule has 0 saturated carbocycles. The third kappa shape index (κ3) is 1.90. The minimum absolute atomic E-state index is 0.163. The zero-order chi connectivity index (χ0) is 12.7. The standard InChI is InChI=1S/C10H11NO4S2/c1-5-4-16-10-9(5)7(3-8(12)13)6(2)11(10)17(14)15/h4H,3H2,1-2H3,(H,12,13)(H,14,15)/p-1. The number of fused-ring (bicyclic) bond motifs is 1. The van der Waals surface area contributed by atoms with Crippen LogP contribution in [0.2, 0.25) is 0 Å². The average molecular weight is 272 g/mol. The van der Waals surface area contributed by atoms with Crippen molar-refractivity contribution in [2.75, 3.05) is 0 Å². The smallest absolute Gasteiger partial charge is 0.307 e. The van der Waals surface area contributed by atoms with Crippen molar-refractivity contribution >= 4 is 38.8 Å². The highest BCUT2D eigenvalue weighted by molar-refractivity contribution is 7.78. The maximum atomic E-state index is 11.2. The number of carbonyl (C=O) groups is 1. The van der Waals surface area contributed by atoms with Gasteiger partial charge in [0, 0.05) is 11.1 Å². The van der Waals surface area contributed by atoms with Crippen LogP contribution in [0, 0.1) is 13.8 Å². The maximum absolute atomic E-state index is 11.2. The highest BCUT2D eigenvalue weighted by Crippen LogP contribution is 2.34. The van der Waals surface area contributed by atoms with E-state index in [1.54, 1.807) is 6.92 Å². The molecular formula is C10H10NO4S2-. The van der Waals surface area contributed by atoms with Gasteiger partial charge < -0.3 is 9.66 Å². The molecule has 1 unspecified atom stereocenters. The lowest BCUT2D eigenvalue weighted by molar-refractivity contribution is -0.136. The molecule has 0 saturated heterocycles. The summed E-state index contributed by atoms with van der Waals surface area (Å²) in [5, 5.41) is 11.4. The molecule has 0 aromatic carbocycles. The van der Waals surface area contributed by atoms with Crippen LogP contribution in [0.25, 0.3) is 10.2 Å². The molecule has 0 amide bonds. The zero-order valence-electron chi connectivity index (χ0n) is 9.22. The first-order chi connectivity index (χ1) is 7.93. The van der Waals surface area contributed by atoms with Crippen LogP contribution >= 0.6 is 11.3 Å². The molecule has 2 aromatic heterocycles. The van der Waals surface area contributed by atoms with Gasteiger partial charge in [-0.25, -0.2) is 0 Å². The molecule has 1 N–H and O–H groups in total. The number of aliphatic carboxylic acids is 1. The van der Waals surface area contributed by atoms with Crippen molar-refractivity contribution in [3.05, 3.63) is 22.2 Å². The van der Waals surface area contributed by atoms with Gasteiger partial charge in [-0.3, -0.25) is 13.0 Å². The number of carboxylic acid groups (broad SMARTS) is 1. The first-order valence-corrected chi connectivity index (χ1v) is 6.74. The molecule has 2 aromatic rings. The summed E-state index contributed by atoms with van der Waals surface area (Å²) in [4.78, 5) is 11.4. The molecular weight excluding hydrogens is 262 g/mol. The van der Waals surface area contributed by atoms with E-state index in [2.05, 4.69) is 0 Å². The van der Waals surface area contributed by atoms with Gasteiger partial charge in [0.1, 0.15) is 4.83 Å². The molecule has 2 rings (SSSR count). The van der Waals surface area contributed by atoms with Crippen molar-refractivity contribution in [2.45, 2.75) is 20.3 Å². The van der Waals surface area contributed by atoms with Crippen LogP contribution in [0.5, 0.6) is 0 Å². The molecule has 0 aliphatic rings. The highest BCUT2D eigenvalue weighted by Gasteiger charge is 2.19. The third-order valence-corrected chi connectivity index (χ3v) is 4.61. The molecule has 92 valence electrons. The van der Waals surface area contributed by atoms with E-state index in [0.717, 1.165) is 14.9 Å². The minimum Gasteiger partial charge on any atom is -0.755 e. The van der Waals surface area contributed by atoms with Crippen LogP contribution < -0.4 is 0 Å². The van der Waals surface area contributed by atoms with Gasteiger partial charge in [0.05, 0.1) is 17.7 Å². The molecule has 0 fully saturated rings. The van der Waals surface area contributed by atoms with E-state index in [1.165, 1.54) is 11.3 Å². The molecule has 0 radical (unpaired) electrons. The van der Waals surface area contributed by atoms with Crippen molar-refractivity contribution in [3.8, 4) is 0 Å². The van der Waals surface area contributed by atoms with E-state index in [4.69, 9.17) is 5.11 Å². The number of hydrogen-bond donors (Lipinski definition) is 1. The van der Waals surface area contributed by atoms with Gasteiger partial charge in [-0.2, -0.15) is 0 Å². The molecule has 7 heteroatoms. The summed E-state index contributed by atoms with van der Waals surface area (Å²) >= 11 is -1.10. The number of aryl methyl sites for hydroxylation is 1. The second-order valence-corrected chi connectivity index (χ2v) is 5.40. The largest absolute Gasteiger partial charge is 0.755 e. The first-order valence-electron chi connectivity index (χ1n) is 4.83. The third-order valence-electron chi connectivity index (χ3n) is 2.66. The van der Waals surface area contributed by atoms with Crippen LogP contribution in [0.4, 0.5) is 0 Å². The van der Waals surface area contributed by atoms with E-state index in [0.29, 0.717) is 16.1 Å². The summed E-state index contributed by atoms with van der Waals surface area (Å²) in [6.07, 6.45) is -0.163. The van der Waals surface area contributed by atoms with Crippen LogP contribution in [0.3, 0.4) is 0 Å². The summed E-state index contributed by atoms with van der Waals surface area (Å²) in [6.45, 7) is 3.47. The predicted octanol–water partition coefficient (Wildman–Crippen LogP) is 1.59. The Balaban J connectivity index is 2.81. The fourth-order valence-electron chi connectivity index (χ4n) is 1.95. The van der Waals surface area contributed by atoms with Gasteiger partial charge in [-0.15, -0.1) is 11.3 Å². The van der Waals surface area contributed by atoms with Crippen LogP contribution in [0.1, 0.15) is 16.8 Å². The Labute approximate surface area is 104 Å². The molecule has 5 nitrogen and oxygen atoms in total. The Morgan fingerprint density at radius 3 is 2.76 bits per heavy atom. The minimum atomic E-state index is -2.41. The quantitative estimate of drug-likeness (QED) is 0.860. The highest BCUT2D eigenvalue weighted by atomic mass is 32.2. The Morgan fingerprint density at radius 2 is 2.24 bits per heavy atom. The SMILES string of the molecule is Cc1csc2c1c(CC(=O)O)c(C)n2S(=O)[O-]. The summed E-state index contributed by atoms with van der Waals surface area (Å²) in [7, 11) is 0. The van der Waals surface area contributed by atoms with Gasteiger partial charge >= 0.3 is 5.97 Å². The zero-order valence-corrected chi connectivity index (χ0v) is 10.9. The maximum Gasteiger partial charge on any atom is 0.307 e. The summed E-state index contributed by atoms with van der Waals surface area (Å²) < 4.78 is 23.5. The fourth-order valence-corrected chi connectivity index (χ4v) is 3.86. The number of aromatic nitrogens is 1. The van der Waals surface area contributed by atoms with Crippen LogP contribution in [-0.4, -0.2) is 23.8 Å². The number of thiophene rings is 1. The molecule has 0 aliphatic carbocycles. The van der Waals surface area contributed by atoms with E-state index < -0.39 is 17.2 Å². The van der Waals surface area contributed by atoms with Crippen LogP contribution in [0.15, 0.2) is 5.38 Å². The summed E-state index contributed by atoms with van der Waals surface area (Å²) in [5.41, 5.74) is 1.97. The monoisotopic (exact) mass is 272 g/mol. The molecule has 1 atom stereocenters. The van der Waals surface area contributed by atoms with Crippen molar-refractivity contribution in [1.29, 1.82) is 0 Å².